The van der Waals surface area contributed by atoms with Crippen LogP contribution in [0.25, 0.3) is 0 Å². The first kappa shape index (κ1) is 11.1. The summed E-state index contributed by atoms with van der Waals surface area (Å²) in [5, 5.41) is 3.12. The molecule has 5 heteroatoms. The third-order valence-corrected chi connectivity index (χ3v) is 3.28. The Hall–Kier alpha value is -1.39. The number of hydrogen-bond donors (Lipinski definition) is 0. The van der Waals surface area contributed by atoms with E-state index in [0.717, 1.165) is 11.8 Å². The van der Waals surface area contributed by atoms with E-state index in [9.17, 15) is 9.59 Å². The fourth-order valence-electron chi connectivity index (χ4n) is 1.48. The first-order chi connectivity index (χ1) is 7.72. The number of halogens is 1. The predicted molar refractivity (Wildman–Crippen MR) is 63.4 cm³/mol. The molecule has 0 aliphatic carbocycles. The maximum Gasteiger partial charge on any atom is 0.253 e. The van der Waals surface area contributed by atoms with E-state index in [0.29, 0.717) is 17.8 Å². The Morgan fingerprint density at radius 2 is 2.31 bits per heavy atom. The Morgan fingerprint density at radius 3 is 3.00 bits per heavy atom. The molecule has 0 fully saturated rings. The molecule has 0 saturated carbocycles. The Morgan fingerprint density at radius 1 is 1.50 bits per heavy atom. The van der Waals surface area contributed by atoms with Crippen molar-refractivity contribution in [3.8, 4) is 0 Å². The van der Waals surface area contributed by atoms with Gasteiger partial charge in [0.2, 0.25) is 0 Å². The van der Waals surface area contributed by atoms with Crippen molar-refractivity contribution in [1.82, 2.24) is 4.57 Å². The Bertz CT molecular complexity index is 530. The minimum Gasteiger partial charge on any atom is -0.341 e. The zero-order valence-corrected chi connectivity index (χ0v) is 9.79. The van der Waals surface area contributed by atoms with Gasteiger partial charge in [0, 0.05) is 23.7 Å². The number of hydrogen-bond acceptors (Lipinski definition) is 3. The summed E-state index contributed by atoms with van der Waals surface area (Å²) >= 11 is 6.88. The van der Waals surface area contributed by atoms with Gasteiger partial charge in [-0.25, -0.2) is 0 Å². The van der Waals surface area contributed by atoms with Gasteiger partial charge in [0.1, 0.15) is 0 Å². The monoisotopic (exact) mass is 253 g/mol. The van der Waals surface area contributed by atoms with Gasteiger partial charge in [-0.3, -0.25) is 9.59 Å². The molecule has 0 aliphatic heterocycles. The summed E-state index contributed by atoms with van der Waals surface area (Å²) < 4.78 is 1.78. The van der Waals surface area contributed by atoms with Crippen LogP contribution in [0.2, 0.25) is 0 Å². The van der Waals surface area contributed by atoms with Gasteiger partial charge in [-0.15, -0.1) is 0 Å². The van der Waals surface area contributed by atoms with Crippen molar-refractivity contribution in [3.63, 3.8) is 0 Å². The van der Waals surface area contributed by atoms with Gasteiger partial charge in [0.15, 0.2) is 6.29 Å². The lowest BCUT2D eigenvalue weighted by molar-refractivity contribution is 0.108. The minimum atomic E-state index is -0.462. The average Bonchev–Trinajstić information content (AvgIpc) is 2.86. The van der Waals surface area contributed by atoms with Crippen molar-refractivity contribution in [2.24, 2.45) is 0 Å². The zero-order chi connectivity index (χ0) is 11.5. The van der Waals surface area contributed by atoms with Crippen LogP contribution >= 0.6 is 22.9 Å². The third kappa shape index (κ3) is 2.08. The van der Waals surface area contributed by atoms with Crippen molar-refractivity contribution >= 4 is 34.5 Å². The second kappa shape index (κ2) is 4.63. The van der Waals surface area contributed by atoms with E-state index in [1.54, 1.807) is 28.3 Å². The standard InChI is InChI=1S/C11H8ClNO2S/c12-11(15)10-7-16-6-8(10)4-13-3-1-2-9(13)5-14/h1-3,5-7H,4H2. The summed E-state index contributed by atoms with van der Waals surface area (Å²) in [4.78, 5) is 21.8. The number of rotatable bonds is 4. The summed E-state index contributed by atoms with van der Waals surface area (Å²) in [6.07, 6.45) is 2.58. The number of carbonyl (C=O) groups excluding carboxylic acids is 2. The third-order valence-electron chi connectivity index (χ3n) is 2.28. The first-order valence-corrected chi connectivity index (χ1v) is 5.89. The van der Waals surface area contributed by atoms with Crippen LogP contribution in [0.5, 0.6) is 0 Å². The van der Waals surface area contributed by atoms with Crippen molar-refractivity contribution < 1.29 is 9.59 Å². The highest BCUT2D eigenvalue weighted by Crippen LogP contribution is 2.19. The smallest absolute Gasteiger partial charge is 0.253 e. The molecule has 0 bridgehead atoms. The molecule has 82 valence electrons. The molecule has 0 amide bonds. The first-order valence-electron chi connectivity index (χ1n) is 4.57. The predicted octanol–water partition coefficient (Wildman–Crippen LogP) is 2.79. The zero-order valence-electron chi connectivity index (χ0n) is 8.22. The summed E-state index contributed by atoms with van der Waals surface area (Å²) in [7, 11) is 0. The van der Waals surface area contributed by atoms with Crippen LogP contribution in [0.15, 0.2) is 29.1 Å². The molecule has 0 aliphatic rings. The average molecular weight is 254 g/mol. The van der Waals surface area contributed by atoms with E-state index < -0.39 is 5.24 Å². The van der Waals surface area contributed by atoms with Crippen LogP contribution in [0.3, 0.4) is 0 Å². The highest BCUT2D eigenvalue weighted by Gasteiger charge is 2.11. The molecule has 2 rings (SSSR count). The van der Waals surface area contributed by atoms with E-state index in [2.05, 4.69) is 0 Å². The summed E-state index contributed by atoms with van der Waals surface area (Å²) in [5.74, 6) is 0. The summed E-state index contributed by atoms with van der Waals surface area (Å²) in [6, 6.07) is 3.51. The minimum absolute atomic E-state index is 0.462. The highest BCUT2D eigenvalue weighted by molar-refractivity contribution is 7.08. The van der Waals surface area contributed by atoms with Gasteiger partial charge < -0.3 is 4.57 Å². The molecular formula is C11H8ClNO2S. The van der Waals surface area contributed by atoms with E-state index in [-0.39, 0.29) is 0 Å². The molecule has 0 unspecified atom stereocenters. The van der Waals surface area contributed by atoms with Crippen LogP contribution in [0.1, 0.15) is 26.4 Å². The quantitative estimate of drug-likeness (QED) is 0.621. The fourth-order valence-corrected chi connectivity index (χ4v) is 2.55. The molecule has 0 radical (unpaired) electrons. The van der Waals surface area contributed by atoms with E-state index in [1.807, 2.05) is 5.38 Å². The largest absolute Gasteiger partial charge is 0.341 e. The molecule has 3 nitrogen and oxygen atoms in total. The topological polar surface area (TPSA) is 39.1 Å². The molecule has 0 N–H and O–H groups in total. The van der Waals surface area contributed by atoms with Crippen molar-refractivity contribution in [2.75, 3.05) is 0 Å². The van der Waals surface area contributed by atoms with E-state index >= 15 is 0 Å². The van der Waals surface area contributed by atoms with Gasteiger partial charge in [0.25, 0.3) is 5.24 Å². The van der Waals surface area contributed by atoms with Crippen LogP contribution in [-0.4, -0.2) is 16.1 Å². The van der Waals surface area contributed by atoms with Gasteiger partial charge in [0.05, 0.1) is 5.69 Å². The number of nitrogens with zero attached hydrogens (tertiary/aromatic N) is 1. The molecule has 16 heavy (non-hydrogen) atoms. The molecule has 0 aromatic carbocycles. The molecule has 0 atom stereocenters. The van der Waals surface area contributed by atoms with Crippen LogP contribution in [0, 0.1) is 0 Å². The van der Waals surface area contributed by atoms with Crippen molar-refractivity contribution in [3.05, 3.63) is 45.9 Å². The molecule has 2 aromatic heterocycles. The van der Waals surface area contributed by atoms with Gasteiger partial charge >= 0.3 is 0 Å². The second-order valence-electron chi connectivity index (χ2n) is 3.26. The number of thiophene rings is 1. The molecule has 0 saturated heterocycles. The Kier molecular flexibility index (Phi) is 3.22. The van der Waals surface area contributed by atoms with E-state index in [4.69, 9.17) is 11.6 Å². The Labute approximate surface area is 101 Å². The number of carbonyl (C=O) groups is 2. The van der Waals surface area contributed by atoms with Crippen LogP contribution in [0.4, 0.5) is 0 Å². The normalized spacial score (nSPS) is 10.3. The molecule has 2 aromatic rings. The molecule has 0 spiro atoms. The molecular weight excluding hydrogens is 246 g/mol. The van der Waals surface area contributed by atoms with Crippen LogP contribution < -0.4 is 0 Å². The number of aldehydes is 1. The maximum atomic E-state index is 11.1. The Balaban J connectivity index is 2.30. The van der Waals surface area contributed by atoms with E-state index in [1.165, 1.54) is 11.3 Å². The maximum absolute atomic E-state index is 11.1. The molecule has 2 heterocycles. The van der Waals surface area contributed by atoms with Gasteiger partial charge in [-0.1, -0.05) is 0 Å². The second-order valence-corrected chi connectivity index (χ2v) is 4.35. The lowest BCUT2D eigenvalue weighted by atomic mass is 10.2. The van der Waals surface area contributed by atoms with Crippen molar-refractivity contribution in [2.45, 2.75) is 6.54 Å². The van der Waals surface area contributed by atoms with Crippen LogP contribution in [-0.2, 0) is 6.54 Å². The highest BCUT2D eigenvalue weighted by atomic mass is 35.5. The lowest BCUT2D eigenvalue weighted by Gasteiger charge is -2.04. The van der Waals surface area contributed by atoms with Gasteiger partial charge in [-0.05, 0) is 34.7 Å². The fraction of sp³-hybridized carbons (Fsp3) is 0.0909. The van der Waals surface area contributed by atoms with Gasteiger partial charge in [-0.2, -0.15) is 11.3 Å². The SMILES string of the molecule is O=Cc1cccn1Cc1cscc1C(=O)Cl. The lowest BCUT2D eigenvalue weighted by Crippen LogP contribution is -2.04. The summed E-state index contributed by atoms with van der Waals surface area (Å²) in [5.41, 5.74) is 1.93. The number of aromatic nitrogens is 1. The van der Waals surface area contributed by atoms with Crippen molar-refractivity contribution in [1.29, 1.82) is 0 Å². The summed E-state index contributed by atoms with van der Waals surface area (Å²) in [6.45, 7) is 0.484.